The Morgan fingerprint density at radius 3 is 2.87 bits per heavy atom. The summed E-state index contributed by atoms with van der Waals surface area (Å²) in [4.78, 5) is 12.9. The number of nitrogens with zero attached hydrogens (tertiary/aromatic N) is 2. The van der Waals surface area contributed by atoms with E-state index >= 15 is 0 Å². The van der Waals surface area contributed by atoms with Crippen molar-refractivity contribution in [2.75, 3.05) is 13.1 Å². The number of carboxylic acids is 1. The van der Waals surface area contributed by atoms with Crippen molar-refractivity contribution in [1.82, 2.24) is 4.90 Å². The first-order valence-electron chi connectivity index (χ1n) is 5.34. The fourth-order valence-corrected chi connectivity index (χ4v) is 1.85. The summed E-state index contributed by atoms with van der Waals surface area (Å²) in [5.74, 6) is -0.734. The molecule has 1 saturated heterocycles. The highest BCUT2D eigenvalue weighted by molar-refractivity contribution is 5.73. The van der Waals surface area contributed by atoms with Crippen LogP contribution < -0.4 is 0 Å². The Morgan fingerprint density at radius 2 is 2.33 bits per heavy atom. The highest BCUT2D eigenvalue weighted by atomic mass is 16.4. The average molecular weight is 210 g/mol. The standard InChI is InChI=1S/C11H18N2O2/c1-11(2,8-12)5-7-13-6-3-4-9(13)10(14)15/h9H,3-7H2,1-2H3,(H,14,15). The normalized spacial score (nSPS) is 22.6. The summed E-state index contributed by atoms with van der Waals surface area (Å²) < 4.78 is 0. The van der Waals surface area contributed by atoms with Gasteiger partial charge in [-0.25, -0.2) is 0 Å². The summed E-state index contributed by atoms with van der Waals surface area (Å²) in [5.41, 5.74) is -0.356. The number of carboxylic acid groups (broad SMARTS) is 1. The maximum Gasteiger partial charge on any atom is 0.320 e. The van der Waals surface area contributed by atoms with Crippen LogP contribution in [0.5, 0.6) is 0 Å². The molecule has 84 valence electrons. The first-order chi connectivity index (χ1) is 6.96. The molecule has 4 nitrogen and oxygen atoms in total. The van der Waals surface area contributed by atoms with Gasteiger partial charge in [0, 0.05) is 6.54 Å². The number of carbonyl (C=O) groups is 1. The summed E-state index contributed by atoms with van der Waals surface area (Å²) in [6.45, 7) is 5.33. The minimum Gasteiger partial charge on any atom is -0.480 e. The lowest BCUT2D eigenvalue weighted by atomic mass is 9.91. The van der Waals surface area contributed by atoms with Crippen molar-refractivity contribution in [2.24, 2.45) is 5.41 Å². The van der Waals surface area contributed by atoms with E-state index in [-0.39, 0.29) is 11.5 Å². The zero-order chi connectivity index (χ0) is 11.5. The first kappa shape index (κ1) is 12.0. The van der Waals surface area contributed by atoms with E-state index in [9.17, 15) is 4.79 Å². The van der Waals surface area contributed by atoms with Crippen LogP contribution in [0.1, 0.15) is 33.1 Å². The van der Waals surface area contributed by atoms with Crippen molar-refractivity contribution in [2.45, 2.75) is 39.2 Å². The van der Waals surface area contributed by atoms with Gasteiger partial charge >= 0.3 is 5.97 Å². The van der Waals surface area contributed by atoms with E-state index in [1.807, 2.05) is 18.7 Å². The van der Waals surface area contributed by atoms with Gasteiger partial charge in [-0.05, 0) is 39.7 Å². The number of rotatable bonds is 4. The minimum absolute atomic E-state index is 0.334. The second kappa shape index (κ2) is 4.63. The third-order valence-electron chi connectivity index (χ3n) is 2.98. The molecule has 1 atom stereocenters. The molecular formula is C11H18N2O2. The third-order valence-corrected chi connectivity index (χ3v) is 2.98. The van der Waals surface area contributed by atoms with Gasteiger partial charge in [0.05, 0.1) is 11.5 Å². The largest absolute Gasteiger partial charge is 0.480 e. The molecule has 1 unspecified atom stereocenters. The van der Waals surface area contributed by atoms with E-state index in [4.69, 9.17) is 10.4 Å². The minimum atomic E-state index is -0.734. The second-order valence-electron chi connectivity index (χ2n) is 4.78. The number of nitriles is 1. The monoisotopic (exact) mass is 210 g/mol. The lowest BCUT2D eigenvalue weighted by molar-refractivity contribution is -0.142. The molecule has 4 heteroatoms. The molecule has 0 aromatic rings. The van der Waals surface area contributed by atoms with Crippen molar-refractivity contribution in [1.29, 1.82) is 5.26 Å². The van der Waals surface area contributed by atoms with Gasteiger partial charge in [-0.15, -0.1) is 0 Å². The van der Waals surface area contributed by atoms with Crippen LogP contribution in [0.2, 0.25) is 0 Å². The zero-order valence-corrected chi connectivity index (χ0v) is 9.36. The van der Waals surface area contributed by atoms with Gasteiger partial charge in [-0.3, -0.25) is 9.69 Å². The van der Waals surface area contributed by atoms with E-state index in [1.54, 1.807) is 0 Å². The predicted octanol–water partition coefficient (Wildman–Crippen LogP) is 1.48. The Morgan fingerprint density at radius 1 is 1.67 bits per heavy atom. The van der Waals surface area contributed by atoms with Crippen molar-refractivity contribution in [3.05, 3.63) is 0 Å². The second-order valence-corrected chi connectivity index (χ2v) is 4.78. The van der Waals surface area contributed by atoms with Gasteiger partial charge in [-0.1, -0.05) is 0 Å². The quantitative estimate of drug-likeness (QED) is 0.763. The molecule has 0 aromatic carbocycles. The number of hydrogen-bond donors (Lipinski definition) is 1. The molecule has 1 aliphatic heterocycles. The van der Waals surface area contributed by atoms with E-state index in [0.717, 1.165) is 25.8 Å². The molecule has 0 radical (unpaired) electrons. The summed E-state index contributed by atoms with van der Waals surface area (Å²) in [6, 6.07) is 1.90. The fraction of sp³-hybridized carbons (Fsp3) is 0.818. The Balaban J connectivity index is 2.45. The highest BCUT2D eigenvalue weighted by Gasteiger charge is 2.31. The van der Waals surface area contributed by atoms with Crippen molar-refractivity contribution in [3.8, 4) is 6.07 Å². The van der Waals surface area contributed by atoms with Gasteiger partial charge in [0.1, 0.15) is 6.04 Å². The van der Waals surface area contributed by atoms with Gasteiger partial charge in [0.25, 0.3) is 0 Å². The molecular weight excluding hydrogens is 192 g/mol. The fourth-order valence-electron chi connectivity index (χ4n) is 1.85. The Bertz CT molecular complexity index is 281. The molecule has 1 N–H and O–H groups in total. The molecule has 1 rings (SSSR count). The molecule has 1 heterocycles. The van der Waals surface area contributed by atoms with Crippen LogP contribution >= 0.6 is 0 Å². The van der Waals surface area contributed by atoms with Gasteiger partial charge in [0.15, 0.2) is 0 Å². The first-order valence-corrected chi connectivity index (χ1v) is 5.34. The summed E-state index contributed by atoms with van der Waals surface area (Å²) >= 11 is 0. The molecule has 0 aliphatic carbocycles. The van der Waals surface area contributed by atoms with Crippen LogP contribution in [0.25, 0.3) is 0 Å². The average Bonchev–Trinajstić information content (AvgIpc) is 2.63. The summed E-state index contributed by atoms with van der Waals surface area (Å²) in [5, 5.41) is 17.8. The third kappa shape index (κ3) is 3.21. The molecule has 1 fully saturated rings. The smallest absolute Gasteiger partial charge is 0.320 e. The molecule has 0 spiro atoms. The Labute approximate surface area is 90.5 Å². The predicted molar refractivity (Wildman–Crippen MR) is 56.2 cm³/mol. The Kier molecular flexibility index (Phi) is 3.70. The molecule has 15 heavy (non-hydrogen) atoms. The van der Waals surface area contributed by atoms with Crippen LogP contribution in [-0.2, 0) is 4.79 Å². The number of likely N-dealkylation sites (tertiary alicyclic amines) is 1. The maximum atomic E-state index is 10.9. The van der Waals surface area contributed by atoms with Crippen molar-refractivity contribution >= 4 is 5.97 Å². The van der Waals surface area contributed by atoms with Crippen molar-refractivity contribution in [3.63, 3.8) is 0 Å². The highest BCUT2D eigenvalue weighted by Crippen LogP contribution is 2.23. The topological polar surface area (TPSA) is 64.3 Å². The molecule has 0 aromatic heterocycles. The lowest BCUT2D eigenvalue weighted by Gasteiger charge is -2.24. The maximum absolute atomic E-state index is 10.9. The molecule has 1 aliphatic rings. The number of aliphatic carboxylic acids is 1. The summed E-state index contributed by atoms with van der Waals surface area (Å²) in [6.07, 6.45) is 2.42. The van der Waals surface area contributed by atoms with E-state index < -0.39 is 5.97 Å². The van der Waals surface area contributed by atoms with Crippen LogP contribution in [0.4, 0.5) is 0 Å². The molecule has 0 bridgehead atoms. The van der Waals surface area contributed by atoms with Crippen LogP contribution in [0.3, 0.4) is 0 Å². The number of hydrogen-bond acceptors (Lipinski definition) is 3. The Hall–Kier alpha value is -1.08. The SMILES string of the molecule is CC(C)(C#N)CCN1CCCC1C(=O)O. The van der Waals surface area contributed by atoms with E-state index in [2.05, 4.69) is 6.07 Å². The van der Waals surface area contributed by atoms with E-state index in [1.165, 1.54) is 0 Å². The van der Waals surface area contributed by atoms with Gasteiger partial charge < -0.3 is 5.11 Å². The van der Waals surface area contributed by atoms with Crippen LogP contribution in [-0.4, -0.2) is 35.1 Å². The van der Waals surface area contributed by atoms with Gasteiger partial charge in [-0.2, -0.15) is 5.26 Å². The molecule has 0 saturated carbocycles. The summed E-state index contributed by atoms with van der Waals surface area (Å²) in [7, 11) is 0. The van der Waals surface area contributed by atoms with Crippen LogP contribution in [0.15, 0.2) is 0 Å². The zero-order valence-electron chi connectivity index (χ0n) is 9.36. The molecule has 0 amide bonds. The van der Waals surface area contributed by atoms with E-state index in [0.29, 0.717) is 6.54 Å². The van der Waals surface area contributed by atoms with Crippen molar-refractivity contribution < 1.29 is 9.90 Å². The van der Waals surface area contributed by atoms with Gasteiger partial charge in [0.2, 0.25) is 0 Å². The lowest BCUT2D eigenvalue weighted by Crippen LogP contribution is -2.37. The van der Waals surface area contributed by atoms with Crippen LogP contribution in [0, 0.1) is 16.7 Å².